The van der Waals surface area contributed by atoms with Gasteiger partial charge in [-0.15, -0.1) is 0 Å². The van der Waals surface area contributed by atoms with Gasteiger partial charge in [-0.2, -0.15) is 5.26 Å². The van der Waals surface area contributed by atoms with E-state index in [9.17, 15) is 10.1 Å². The van der Waals surface area contributed by atoms with Crippen LogP contribution >= 0.6 is 0 Å². The van der Waals surface area contributed by atoms with Gasteiger partial charge in [0.05, 0.1) is 17.4 Å². The monoisotopic (exact) mass is 517 g/mol. The number of aromatic nitrogens is 2. The number of hydrogen-bond donors (Lipinski definition) is 0. The van der Waals surface area contributed by atoms with Crippen LogP contribution in [-0.2, 0) is 11.2 Å². The maximum absolute atomic E-state index is 12.8. The van der Waals surface area contributed by atoms with E-state index in [1.165, 1.54) is 69.8 Å². The number of ether oxygens (including phenoxy) is 1. The van der Waals surface area contributed by atoms with E-state index in [1.807, 2.05) is 36.7 Å². The minimum absolute atomic E-state index is 0.126. The van der Waals surface area contributed by atoms with E-state index in [-0.39, 0.29) is 17.3 Å². The standard InChI is InChI=1S/C33H47N3O2/c1-3-5-7-9-10-12-14-27-24-35-31(36-25-27)28-15-17-30(18-16-28)38-32(37)29-19-22-33(26-34,23-20-29)21-13-11-8-6-4-2/h15-18,24-25,29H,3-14,19-23H2,1-2H3/t29-,33-. The molecule has 0 atom stereocenters. The van der Waals surface area contributed by atoms with Crippen molar-refractivity contribution in [2.45, 2.75) is 123 Å². The van der Waals surface area contributed by atoms with Gasteiger partial charge in [-0.3, -0.25) is 4.79 Å². The topological polar surface area (TPSA) is 75.9 Å². The first-order chi connectivity index (χ1) is 18.6. The van der Waals surface area contributed by atoms with E-state index in [0.29, 0.717) is 11.6 Å². The van der Waals surface area contributed by atoms with Crippen LogP contribution in [0, 0.1) is 22.7 Å². The fourth-order valence-corrected chi connectivity index (χ4v) is 5.50. The Labute approximate surface area is 230 Å². The molecule has 2 aromatic rings. The fraction of sp³-hybridized carbons (Fsp3) is 0.636. The molecule has 206 valence electrons. The lowest BCUT2D eigenvalue weighted by atomic mass is 9.69. The van der Waals surface area contributed by atoms with E-state index < -0.39 is 0 Å². The predicted octanol–water partition coefficient (Wildman–Crippen LogP) is 9.01. The molecule has 1 aromatic heterocycles. The summed E-state index contributed by atoms with van der Waals surface area (Å²) in [6.45, 7) is 4.46. The average molecular weight is 518 g/mol. The van der Waals surface area contributed by atoms with Gasteiger partial charge in [0.1, 0.15) is 5.75 Å². The molecule has 0 unspecified atom stereocenters. The summed E-state index contributed by atoms with van der Waals surface area (Å²) in [5, 5.41) is 9.84. The molecule has 3 rings (SSSR count). The molecule has 1 heterocycles. The summed E-state index contributed by atoms with van der Waals surface area (Å²) in [4.78, 5) is 21.9. The second-order valence-electron chi connectivity index (χ2n) is 11.2. The summed E-state index contributed by atoms with van der Waals surface area (Å²) in [5.74, 6) is 0.928. The molecule has 1 aliphatic carbocycles. The number of carbonyl (C=O) groups is 1. The van der Waals surface area contributed by atoms with Gasteiger partial charge in [0, 0.05) is 18.0 Å². The molecule has 0 amide bonds. The number of unbranched alkanes of at least 4 members (excludes halogenated alkanes) is 9. The molecule has 5 heteroatoms. The first kappa shape index (κ1) is 29.8. The Morgan fingerprint density at radius 3 is 2.08 bits per heavy atom. The summed E-state index contributed by atoms with van der Waals surface area (Å²) in [6.07, 6.45) is 22.7. The minimum Gasteiger partial charge on any atom is -0.426 e. The number of esters is 1. The zero-order chi connectivity index (χ0) is 27.1. The zero-order valence-corrected chi connectivity index (χ0v) is 23.7. The molecule has 5 nitrogen and oxygen atoms in total. The van der Waals surface area contributed by atoms with Crippen LogP contribution in [0.5, 0.6) is 5.75 Å². The van der Waals surface area contributed by atoms with E-state index in [0.717, 1.165) is 50.5 Å². The van der Waals surface area contributed by atoms with Crippen LogP contribution in [0.3, 0.4) is 0 Å². The molecule has 38 heavy (non-hydrogen) atoms. The van der Waals surface area contributed by atoms with Crippen molar-refractivity contribution in [3.05, 3.63) is 42.2 Å². The van der Waals surface area contributed by atoms with Crippen LogP contribution in [0.1, 0.15) is 122 Å². The average Bonchev–Trinajstić information content (AvgIpc) is 2.96. The highest BCUT2D eigenvalue weighted by molar-refractivity contribution is 5.75. The van der Waals surface area contributed by atoms with Crippen molar-refractivity contribution in [1.29, 1.82) is 5.26 Å². The molecule has 1 saturated carbocycles. The molecule has 1 aromatic carbocycles. The quantitative estimate of drug-likeness (QED) is 0.126. The van der Waals surface area contributed by atoms with E-state index in [4.69, 9.17) is 4.74 Å². The maximum Gasteiger partial charge on any atom is 0.314 e. The minimum atomic E-state index is -0.255. The van der Waals surface area contributed by atoms with Crippen LogP contribution in [0.15, 0.2) is 36.7 Å². The van der Waals surface area contributed by atoms with Gasteiger partial charge in [-0.1, -0.05) is 78.1 Å². The number of nitrogens with zero attached hydrogens (tertiary/aromatic N) is 3. The highest BCUT2D eigenvalue weighted by atomic mass is 16.5. The Morgan fingerprint density at radius 2 is 1.47 bits per heavy atom. The first-order valence-corrected chi connectivity index (χ1v) is 15.1. The Balaban J connectivity index is 1.42. The zero-order valence-electron chi connectivity index (χ0n) is 23.7. The summed E-state index contributed by atoms with van der Waals surface area (Å²) in [7, 11) is 0. The molecule has 0 bridgehead atoms. The lowest BCUT2D eigenvalue weighted by molar-refractivity contribution is -0.140. The lowest BCUT2D eigenvalue weighted by Gasteiger charge is -2.34. The van der Waals surface area contributed by atoms with Gasteiger partial charge in [0.15, 0.2) is 5.82 Å². The van der Waals surface area contributed by atoms with Gasteiger partial charge in [0.25, 0.3) is 0 Å². The smallest absolute Gasteiger partial charge is 0.314 e. The number of carbonyl (C=O) groups excluding carboxylic acids is 1. The third-order valence-corrected chi connectivity index (χ3v) is 8.13. The Morgan fingerprint density at radius 1 is 0.895 bits per heavy atom. The number of hydrogen-bond acceptors (Lipinski definition) is 5. The highest BCUT2D eigenvalue weighted by Crippen LogP contribution is 2.42. The first-order valence-electron chi connectivity index (χ1n) is 15.1. The number of nitriles is 1. The largest absolute Gasteiger partial charge is 0.426 e. The highest BCUT2D eigenvalue weighted by Gasteiger charge is 2.37. The van der Waals surface area contributed by atoms with E-state index in [1.54, 1.807) is 0 Å². The van der Waals surface area contributed by atoms with Gasteiger partial charge >= 0.3 is 5.97 Å². The third kappa shape index (κ3) is 9.53. The molecule has 1 aliphatic rings. The van der Waals surface area contributed by atoms with Crippen LogP contribution in [0.4, 0.5) is 0 Å². The summed E-state index contributed by atoms with van der Waals surface area (Å²) < 4.78 is 5.71. The number of benzene rings is 1. The molecule has 1 fully saturated rings. The van der Waals surface area contributed by atoms with Crippen molar-refractivity contribution in [3.8, 4) is 23.2 Å². The van der Waals surface area contributed by atoms with Crippen molar-refractivity contribution in [2.75, 3.05) is 0 Å². The van der Waals surface area contributed by atoms with E-state index >= 15 is 0 Å². The number of rotatable bonds is 16. The van der Waals surface area contributed by atoms with Crippen LogP contribution in [0.25, 0.3) is 11.4 Å². The van der Waals surface area contributed by atoms with Crippen molar-refractivity contribution in [1.82, 2.24) is 9.97 Å². The summed E-state index contributed by atoms with van der Waals surface area (Å²) in [5.41, 5.74) is 1.83. The molecule has 0 aliphatic heterocycles. The van der Waals surface area contributed by atoms with Crippen molar-refractivity contribution >= 4 is 5.97 Å². The molecular formula is C33H47N3O2. The van der Waals surface area contributed by atoms with Crippen molar-refractivity contribution in [2.24, 2.45) is 11.3 Å². The van der Waals surface area contributed by atoms with Crippen molar-refractivity contribution in [3.63, 3.8) is 0 Å². The predicted molar refractivity (Wildman–Crippen MR) is 154 cm³/mol. The van der Waals surface area contributed by atoms with Gasteiger partial charge in [-0.25, -0.2) is 9.97 Å². The second kappa shape index (κ2) is 16.3. The number of aryl methyl sites for hydroxylation is 1. The second-order valence-corrected chi connectivity index (χ2v) is 11.2. The lowest BCUT2D eigenvalue weighted by Crippen LogP contribution is -2.31. The Kier molecular flexibility index (Phi) is 12.8. The molecule has 0 N–H and O–H groups in total. The SMILES string of the molecule is CCCCCCCCc1cnc(-c2ccc(OC(=O)[C@H]3CC[C@@](C#N)(CCCCCCC)CC3)cc2)nc1. The fourth-order valence-electron chi connectivity index (χ4n) is 5.50. The molecular weight excluding hydrogens is 470 g/mol. The van der Waals surface area contributed by atoms with Gasteiger partial charge in [0.2, 0.25) is 0 Å². The van der Waals surface area contributed by atoms with Crippen LogP contribution in [0.2, 0.25) is 0 Å². The maximum atomic E-state index is 12.8. The van der Waals surface area contributed by atoms with Crippen LogP contribution < -0.4 is 4.74 Å². The van der Waals surface area contributed by atoms with E-state index in [2.05, 4.69) is 29.9 Å². The van der Waals surface area contributed by atoms with Crippen molar-refractivity contribution < 1.29 is 9.53 Å². The Bertz CT molecular complexity index is 986. The third-order valence-electron chi connectivity index (χ3n) is 8.13. The van der Waals surface area contributed by atoms with Gasteiger partial charge in [-0.05, 0) is 74.8 Å². The van der Waals surface area contributed by atoms with Crippen LogP contribution in [-0.4, -0.2) is 15.9 Å². The normalized spacial score (nSPS) is 19.1. The molecule has 0 spiro atoms. The van der Waals surface area contributed by atoms with Gasteiger partial charge < -0.3 is 4.74 Å². The molecule has 0 saturated heterocycles. The molecule has 0 radical (unpaired) electrons. The summed E-state index contributed by atoms with van der Waals surface area (Å²) in [6, 6.07) is 10.1. The summed E-state index contributed by atoms with van der Waals surface area (Å²) >= 11 is 0. The Hall–Kier alpha value is -2.74.